The van der Waals surface area contributed by atoms with Crippen LogP contribution in [0.15, 0.2) is 62.9 Å². The third-order valence-corrected chi connectivity index (χ3v) is 4.34. The highest BCUT2D eigenvalue weighted by Gasteiger charge is 2.26. The fourth-order valence-corrected chi connectivity index (χ4v) is 3.01. The molecule has 1 atom stereocenters. The van der Waals surface area contributed by atoms with Crippen LogP contribution in [0.5, 0.6) is 5.75 Å². The van der Waals surface area contributed by atoms with Crippen molar-refractivity contribution in [2.24, 2.45) is 5.16 Å². The third-order valence-electron chi connectivity index (χ3n) is 4.34. The summed E-state index contributed by atoms with van der Waals surface area (Å²) in [5, 5.41) is 34.2. The third kappa shape index (κ3) is 3.50. The maximum atomic E-state index is 12.6. The van der Waals surface area contributed by atoms with Gasteiger partial charge in [-0.05, 0) is 24.6 Å². The predicted molar refractivity (Wildman–Crippen MR) is 98.6 cm³/mol. The van der Waals surface area contributed by atoms with E-state index in [4.69, 9.17) is 9.62 Å². The van der Waals surface area contributed by atoms with Gasteiger partial charge in [0.2, 0.25) is 0 Å². The molecule has 0 spiro atoms. The SMILES string of the molecule is C/C(CC(c1ccc([N+](=O)[O-])cc1)c1c(O)c2ccccc2oc1=O)=N\O. The molecule has 0 aliphatic rings. The van der Waals surface area contributed by atoms with E-state index < -0.39 is 16.5 Å². The monoisotopic (exact) mass is 368 g/mol. The molecule has 27 heavy (non-hydrogen) atoms. The van der Waals surface area contributed by atoms with Crippen LogP contribution >= 0.6 is 0 Å². The van der Waals surface area contributed by atoms with Gasteiger partial charge in [-0.1, -0.05) is 29.4 Å². The average Bonchev–Trinajstić information content (AvgIpc) is 2.67. The molecule has 8 heteroatoms. The minimum atomic E-state index is -0.722. The Balaban J connectivity index is 2.21. The lowest BCUT2D eigenvalue weighted by Crippen LogP contribution is -2.16. The summed E-state index contributed by atoms with van der Waals surface area (Å²) in [6.45, 7) is 1.57. The van der Waals surface area contributed by atoms with Crippen LogP contribution in [0.25, 0.3) is 11.0 Å². The van der Waals surface area contributed by atoms with Gasteiger partial charge >= 0.3 is 5.63 Å². The van der Waals surface area contributed by atoms with Crippen LogP contribution in [-0.2, 0) is 0 Å². The van der Waals surface area contributed by atoms with Crippen molar-refractivity contribution in [2.45, 2.75) is 19.3 Å². The molecule has 3 rings (SSSR count). The minimum absolute atomic E-state index is 0.00514. The Morgan fingerprint density at radius 3 is 2.52 bits per heavy atom. The molecule has 8 nitrogen and oxygen atoms in total. The highest BCUT2D eigenvalue weighted by Crippen LogP contribution is 2.36. The highest BCUT2D eigenvalue weighted by atomic mass is 16.6. The Bertz CT molecular complexity index is 1090. The van der Waals surface area contributed by atoms with Crippen molar-refractivity contribution in [3.05, 3.63) is 80.2 Å². The summed E-state index contributed by atoms with van der Waals surface area (Å²) in [4.78, 5) is 22.9. The number of rotatable bonds is 5. The molecule has 2 aromatic carbocycles. The summed E-state index contributed by atoms with van der Waals surface area (Å²) in [5.41, 5.74) is 0.302. The second-order valence-corrected chi connectivity index (χ2v) is 6.09. The number of aromatic hydroxyl groups is 1. The zero-order chi connectivity index (χ0) is 19.6. The van der Waals surface area contributed by atoms with Crippen LogP contribution in [0.3, 0.4) is 0 Å². The first-order chi connectivity index (χ1) is 12.9. The number of nitro benzene ring substituents is 1. The molecular formula is C19H16N2O6. The number of non-ortho nitro benzene ring substituents is 1. The first-order valence-electron chi connectivity index (χ1n) is 8.09. The maximum absolute atomic E-state index is 12.6. The Morgan fingerprint density at radius 1 is 1.22 bits per heavy atom. The fourth-order valence-electron chi connectivity index (χ4n) is 3.01. The molecule has 138 valence electrons. The number of nitro groups is 1. The Hall–Kier alpha value is -3.68. The number of para-hydroxylation sites is 1. The van der Waals surface area contributed by atoms with E-state index in [9.17, 15) is 20.0 Å². The van der Waals surface area contributed by atoms with Gasteiger partial charge in [0.1, 0.15) is 11.3 Å². The maximum Gasteiger partial charge on any atom is 0.343 e. The molecule has 2 N–H and O–H groups in total. The zero-order valence-corrected chi connectivity index (χ0v) is 14.3. The van der Waals surface area contributed by atoms with Crippen molar-refractivity contribution >= 4 is 22.4 Å². The molecule has 0 fully saturated rings. The molecule has 0 aliphatic carbocycles. The van der Waals surface area contributed by atoms with E-state index in [-0.39, 0.29) is 29.0 Å². The van der Waals surface area contributed by atoms with E-state index in [1.54, 1.807) is 31.2 Å². The van der Waals surface area contributed by atoms with E-state index in [1.165, 1.54) is 24.3 Å². The van der Waals surface area contributed by atoms with Gasteiger partial charge in [0, 0.05) is 24.5 Å². The Kier molecular flexibility index (Phi) is 4.89. The zero-order valence-electron chi connectivity index (χ0n) is 14.3. The number of nitrogens with zero attached hydrogens (tertiary/aromatic N) is 2. The average molecular weight is 368 g/mol. The smallest absolute Gasteiger partial charge is 0.343 e. The van der Waals surface area contributed by atoms with Gasteiger partial charge in [-0.25, -0.2) is 4.79 Å². The van der Waals surface area contributed by atoms with Crippen LogP contribution in [-0.4, -0.2) is 20.9 Å². The van der Waals surface area contributed by atoms with E-state index >= 15 is 0 Å². The number of benzene rings is 2. The molecule has 0 aliphatic heterocycles. The molecule has 0 saturated heterocycles. The lowest BCUT2D eigenvalue weighted by molar-refractivity contribution is -0.384. The van der Waals surface area contributed by atoms with E-state index in [1.807, 2.05) is 0 Å². The largest absolute Gasteiger partial charge is 0.507 e. The van der Waals surface area contributed by atoms with Gasteiger partial charge in [0.05, 0.1) is 21.6 Å². The standard InChI is InChI=1S/C19H16N2O6/c1-11(20-24)10-15(12-6-8-13(9-7-12)21(25)26)17-18(22)14-4-2-3-5-16(14)27-19(17)23/h2-9,15,22,24H,10H2,1H3/b20-11+. The van der Waals surface area contributed by atoms with E-state index in [0.717, 1.165) is 0 Å². The lowest BCUT2D eigenvalue weighted by Gasteiger charge is -2.18. The van der Waals surface area contributed by atoms with Gasteiger partial charge < -0.3 is 14.7 Å². The van der Waals surface area contributed by atoms with Gasteiger partial charge in [-0.2, -0.15) is 0 Å². The number of oxime groups is 1. The van der Waals surface area contributed by atoms with Crippen LogP contribution in [0, 0.1) is 10.1 Å². The van der Waals surface area contributed by atoms with Gasteiger partial charge in [-0.15, -0.1) is 0 Å². The summed E-state index contributed by atoms with van der Waals surface area (Å²) in [6, 6.07) is 12.2. The molecule has 0 bridgehead atoms. The number of fused-ring (bicyclic) bond motifs is 1. The van der Waals surface area contributed by atoms with E-state index in [2.05, 4.69) is 5.16 Å². The minimum Gasteiger partial charge on any atom is -0.507 e. The van der Waals surface area contributed by atoms with Crippen molar-refractivity contribution < 1.29 is 19.7 Å². The Labute approximate surface area is 153 Å². The predicted octanol–water partition coefficient (Wildman–Crippen LogP) is 3.78. The quantitative estimate of drug-likeness (QED) is 0.232. The molecular weight excluding hydrogens is 352 g/mol. The van der Waals surface area contributed by atoms with Crippen molar-refractivity contribution in [2.75, 3.05) is 0 Å². The second kappa shape index (κ2) is 7.28. The van der Waals surface area contributed by atoms with Gasteiger partial charge in [-0.3, -0.25) is 10.1 Å². The lowest BCUT2D eigenvalue weighted by atomic mass is 9.86. The fraction of sp³-hybridized carbons (Fsp3) is 0.158. The molecule has 0 radical (unpaired) electrons. The summed E-state index contributed by atoms with van der Waals surface area (Å²) in [5.74, 6) is -0.932. The van der Waals surface area contributed by atoms with Gasteiger partial charge in [0.25, 0.3) is 5.69 Å². The van der Waals surface area contributed by atoms with Crippen molar-refractivity contribution in [1.82, 2.24) is 0 Å². The first kappa shape index (κ1) is 18.1. The van der Waals surface area contributed by atoms with Crippen molar-refractivity contribution in [1.29, 1.82) is 0 Å². The second-order valence-electron chi connectivity index (χ2n) is 6.09. The first-order valence-corrected chi connectivity index (χ1v) is 8.09. The normalized spacial score (nSPS) is 12.9. The van der Waals surface area contributed by atoms with Crippen LogP contribution in [0.1, 0.15) is 30.4 Å². The molecule has 3 aromatic rings. The van der Waals surface area contributed by atoms with Crippen molar-refractivity contribution in [3.63, 3.8) is 0 Å². The Morgan fingerprint density at radius 2 is 1.89 bits per heavy atom. The van der Waals surface area contributed by atoms with Crippen molar-refractivity contribution in [3.8, 4) is 5.75 Å². The van der Waals surface area contributed by atoms with Crippen LogP contribution in [0.4, 0.5) is 5.69 Å². The van der Waals surface area contributed by atoms with E-state index in [0.29, 0.717) is 16.7 Å². The molecule has 1 unspecified atom stereocenters. The highest BCUT2D eigenvalue weighted by molar-refractivity contribution is 5.86. The topological polar surface area (TPSA) is 126 Å². The van der Waals surface area contributed by atoms with Crippen LogP contribution < -0.4 is 5.63 Å². The summed E-state index contributed by atoms with van der Waals surface area (Å²) in [7, 11) is 0. The number of hydrogen-bond acceptors (Lipinski definition) is 7. The van der Waals surface area contributed by atoms with Crippen LogP contribution in [0.2, 0.25) is 0 Å². The molecule has 0 saturated carbocycles. The molecule has 1 aromatic heterocycles. The summed E-state index contributed by atoms with van der Waals surface area (Å²) >= 11 is 0. The summed E-state index contributed by atoms with van der Waals surface area (Å²) in [6.07, 6.45) is 0.116. The number of hydrogen-bond donors (Lipinski definition) is 2. The molecule has 1 heterocycles. The van der Waals surface area contributed by atoms with Gasteiger partial charge in [0.15, 0.2) is 0 Å². The summed E-state index contributed by atoms with van der Waals surface area (Å²) < 4.78 is 5.33. The molecule has 0 amide bonds.